The fraction of sp³-hybridized carbons (Fsp3) is 0.276. The highest BCUT2D eigenvalue weighted by Crippen LogP contribution is 2.42. The van der Waals surface area contributed by atoms with E-state index in [9.17, 15) is 0 Å². The lowest BCUT2D eigenvalue weighted by Gasteiger charge is -2.11. The van der Waals surface area contributed by atoms with Crippen LogP contribution in [0, 0.1) is 20.8 Å². The van der Waals surface area contributed by atoms with Crippen LogP contribution < -0.4 is 4.74 Å². The van der Waals surface area contributed by atoms with Gasteiger partial charge in [-0.15, -0.1) is 0 Å². The van der Waals surface area contributed by atoms with Gasteiger partial charge in [-0.05, 0) is 57.9 Å². The molecule has 1 aromatic carbocycles. The van der Waals surface area contributed by atoms with E-state index in [1.165, 1.54) is 0 Å². The Labute approximate surface area is 219 Å². The van der Waals surface area contributed by atoms with Crippen molar-refractivity contribution < 1.29 is 9.26 Å². The van der Waals surface area contributed by atoms with Gasteiger partial charge in [-0.25, -0.2) is 14.6 Å². The van der Waals surface area contributed by atoms with Gasteiger partial charge in [0.1, 0.15) is 23.0 Å². The van der Waals surface area contributed by atoms with E-state index in [0.29, 0.717) is 5.82 Å². The van der Waals surface area contributed by atoms with Gasteiger partial charge in [-0.2, -0.15) is 5.10 Å². The van der Waals surface area contributed by atoms with Crippen LogP contribution in [-0.4, -0.2) is 42.0 Å². The molecule has 192 valence electrons. The molecule has 0 saturated carbocycles. The van der Waals surface area contributed by atoms with Crippen molar-refractivity contribution in [3.8, 4) is 33.8 Å². The van der Waals surface area contributed by atoms with Crippen LogP contribution in [0.3, 0.4) is 0 Å². The van der Waals surface area contributed by atoms with Crippen molar-refractivity contribution in [1.82, 2.24) is 34.9 Å². The number of nitrogens with one attached hydrogen (secondary N) is 1. The van der Waals surface area contributed by atoms with E-state index < -0.39 is 0 Å². The smallest absolute Gasteiger partial charge is 0.142 e. The van der Waals surface area contributed by atoms with E-state index in [2.05, 4.69) is 41.1 Å². The Morgan fingerprint density at radius 3 is 2.45 bits per heavy atom. The summed E-state index contributed by atoms with van der Waals surface area (Å²) < 4.78 is 13.3. The highest BCUT2D eigenvalue weighted by atomic mass is 16.5. The van der Waals surface area contributed by atoms with Crippen LogP contribution >= 0.6 is 0 Å². The number of fused-ring (bicyclic) bond motifs is 3. The molecule has 0 saturated heterocycles. The van der Waals surface area contributed by atoms with Gasteiger partial charge < -0.3 is 14.2 Å². The summed E-state index contributed by atoms with van der Waals surface area (Å²) >= 11 is 0. The van der Waals surface area contributed by atoms with Crippen LogP contribution in [0.4, 0.5) is 0 Å². The number of rotatable bonds is 6. The van der Waals surface area contributed by atoms with E-state index in [-0.39, 0.29) is 0 Å². The lowest BCUT2D eigenvalue weighted by Crippen LogP contribution is -2.02. The molecule has 9 heteroatoms. The van der Waals surface area contributed by atoms with Gasteiger partial charge in [-0.1, -0.05) is 19.0 Å². The zero-order chi connectivity index (χ0) is 26.6. The van der Waals surface area contributed by atoms with Crippen molar-refractivity contribution in [1.29, 1.82) is 0 Å². The first-order valence-corrected chi connectivity index (χ1v) is 12.8. The molecule has 0 fully saturated rings. The summed E-state index contributed by atoms with van der Waals surface area (Å²) in [5, 5.41) is 11.1. The molecular formula is C29H29N7O2. The van der Waals surface area contributed by atoms with E-state index in [1.54, 1.807) is 19.5 Å². The monoisotopic (exact) mass is 507 g/mol. The van der Waals surface area contributed by atoms with Crippen molar-refractivity contribution >= 4 is 21.9 Å². The quantitative estimate of drug-likeness (QED) is 0.291. The fourth-order valence-electron chi connectivity index (χ4n) is 5.40. The summed E-state index contributed by atoms with van der Waals surface area (Å²) in [6, 6.07) is 8.09. The van der Waals surface area contributed by atoms with Gasteiger partial charge in [0.15, 0.2) is 0 Å². The predicted molar refractivity (Wildman–Crippen MR) is 147 cm³/mol. The van der Waals surface area contributed by atoms with Gasteiger partial charge in [0.25, 0.3) is 0 Å². The van der Waals surface area contributed by atoms with Crippen molar-refractivity contribution in [3.63, 3.8) is 0 Å². The SMILES string of the molecule is CCc1nn(-c2ccncc2)c(CC)c1-c1nc(C)nc2[nH]c3cc(-c4c(C)noc4C)c(OC)cc3c12. The first kappa shape index (κ1) is 23.8. The molecule has 6 rings (SSSR count). The number of hydrogen-bond donors (Lipinski definition) is 1. The summed E-state index contributed by atoms with van der Waals surface area (Å²) in [4.78, 5) is 17.5. The lowest BCUT2D eigenvalue weighted by molar-refractivity contribution is 0.393. The molecule has 0 atom stereocenters. The first-order chi connectivity index (χ1) is 18.4. The van der Waals surface area contributed by atoms with Crippen LogP contribution in [-0.2, 0) is 12.8 Å². The molecule has 0 aliphatic rings. The molecule has 0 aliphatic carbocycles. The molecule has 0 unspecified atom stereocenters. The second-order valence-corrected chi connectivity index (χ2v) is 9.36. The Hall–Kier alpha value is -4.53. The second kappa shape index (κ2) is 9.09. The zero-order valence-corrected chi connectivity index (χ0v) is 22.4. The Bertz CT molecular complexity index is 1790. The van der Waals surface area contributed by atoms with Gasteiger partial charge in [0.2, 0.25) is 0 Å². The Kier molecular flexibility index (Phi) is 5.71. The van der Waals surface area contributed by atoms with Gasteiger partial charge in [0.05, 0.1) is 46.5 Å². The molecular weight excluding hydrogens is 478 g/mol. The van der Waals surface area contributed by atoms with Crippen molar-refractivity contribution in [2.45, 2.75) is 47.5 Å². The molecule has 0 spiro atoms. The third kappa shape index (κ3) is 3.57. The minimum Gasteiger partial charge on any atom is -0.496 e. The molecule has 5 aromatic heterocycles. The summed E-state index contributed by atoms with van der Waals surface area (Å²) in [7, 11) is 1.68. The molecule has 0 bridgehead atoms. The van der Waals surface area contributed by atoms with Crippen molar-refractivity contribution in [2.24, 2.45) is 0 Å². The Balaban J connectivity index is 1.68. The van der Waals surface area contributed by atoms with Gasteiger partial charge >= 0.3 is 0 Å². The topological polar surface area (TPSA) is 108 Å². The van der Waals surface area contributed by atoms with Crippen LogP contribution in [0.2, 0.25) is 0 Å². The number of benzene rings is 1. The minimum atomic E-state index is 0.692. The van der Waals surface area contributed by atoms with Crippen molar-refractivity contribution in [3.05, 3.63) is 65.3 Å². The standard InChI is InChI=1S/C29H29N7O2/c1-7-21-27(23(8-2)36(34-21)18-9-11-30-12-10-18)28-26-19-14-24(37-6)20(25-15(3)35-38-16(25)4)13-22(19)33-29(26)32-17(5)31-28/h9-14H,7-8H2,1-6H3,(H,31,32,33). The molecule has 0 radical (unpaired) electrons. The second-order valence-electron chi connectivity index (χ2n) is 9.36. The number of aromatic nitrogens is 7. The van der Waals surface area contributed by atoms with Crippen LogP contribution in [0.25, 0.3) is 50.0 Å². The summed E-state index contributed by atoms with van der Waals surface area (Å²) in [5.41, 5.74) is 9.38. The third-order valence-electron chi connectivity index (χ3n) is 7.05. The molecule has 9 nitrogen and oxygen atoms in total. The number of ether oxygens (including phenoxy) is 1. The van der Waals surface area contributed by atoms with Crippen LogP contribution in [0.15, 0.2) is 41.2 Å². The number of aryl methyl sites for hydroxylation is 4. The van der Waals surface area contributed by atoms with Crippen LogP contribution in [0.5, 0.6) is 5.75 Å². The maximum atomic E-state index is 5.88. The number of pyridine rings is 1. The third-order valence-corrected chi connectivity index (χ3v) is 7.05. The number of hydrogen-bond acceptors (Lipinski definition) is 7. The fourth-order valence-corrected chi connectivity index (χ4v) is 5.40. The maximum absolute atomic E-state index is 5.88. The van der Waals surface area contributed by atoms with Gasteiger partial charge in [0, 0.05) is 34.4 Å². The highest BCUT2D eigenvalue weighted by molar-refractivity contribution is 6.14. The summed E-state index contributed by atoms with van der Waals surface area (Å²) in [6.07, 6.45) is 5.14. The van der Waals surface area contributed by atoms with Crippen LogP contribution in [0.1, 0.15) is 42.5 Å². The largest absolute Gasteiger partial charge is 0.496 e. The minimum absolute atomic E-state index is 0.692. The molecule has 5 heterocycles. The average Bonchev–Trinajstić information content (AvgIpc) is 3.59. The average molecular weight is 508 g/mol. The van der Waals surface area contributed by atoms with Crippen molar-refractivity contribution in [2.75, 3.05) is 7.11 Å². The summed E-state index contributed by atoms with van der Waals surface area (Å²) in [5.74, 6) is 2.17. The predicted octanol–water partition coefficient (Wildman–Crippen LogP) is 6.07. The van der Waals surface area contributed by atoms with E-state index >= 15 is 0 Å². The van der Waals surface area contributed by atoms with E-state index in [4.69, 9.17) is 24.3 Å². The number of methoxy groups -OCH3 is 1. The molecule has 0 amide bonds. The van der Waals surface area contributed by atoms with Gasteiger partial charge in [-0.3, -0.25) is 4.98 Å². The number of H-pyrrole nitrogens is 1. The zero-order valence-electron chi connectivity index (χ0n) is 22.4. The van der Waals surface area contributed by atoms with E-state index in [1.807, 2.05) is 37.6 Å². The maximum Gasteiger partial charge on any atom is 0.142 e. The van der Waals surface area contributed by atoms with E-state index in [0.717, 1.165) is 91.4 Å². The Morgan fingerprint density at radius 1 is 1.00 bits per heavy atom. The molecule has 1 N–H and O–H groups in total. The first-order valence-electron chi connectivity index (χ1n) is 12.8. The summed E-state index contributed by atoms with van der Waals surface area (Å²) in [6.45, 7) is 10.1. The normalized spacial score (nSPS) is 11.6. The Morgan fingerprint density at radius 2 is 1.79 bits per heavy atom. The molecule has 38 heavy (non-hydrogen) atoms. The highest BCUT2D eigenvalue weighted by Gasteiger charge is 2.25. The number of aromatic amines is 1. The molecule has 6 aromatic rings. The molecule has 0 aliphatic heterocycles. The lowest BCUT2D eigenvalue weighted by atomic mass is 9.98. The number of nitrogens with zero attached hydrogens (tertiary/aromatic N) is 6.